The van der Waals surface area contributed by atoms with Crippen LogP contribution in [0.5, 0.6) is 0 Å². The molecule has 0 N–H and O–H groups in total. The molecular formula is C17H30O2. The maximum Gasteiger partial charge on any atom is 0.0981 e. The van der Waals surface area contributed by atoms with Gasteiger partial charge in [-0.2, -0.15) is 0 Å². The summed E-state index contributed by atoms with van der Waals surface area (Å²) in [7, 11) is 0. The van der Waals surface area contributed by atoms with Gasteiger partial charge in [-0.1, -0.05) is 26.2 Å². The van der Waals surface area contributed by atoms with E-state index in [9.17, 15) is 0 Å². The molecule has 1 heterocycles. The van der Waals surface area contributed by atoms with Crippen molar-refractivity contribution in [1.82, 2.24) is 0 Å². The fraction of sp³-hybridized carbons (Fsp3) is 1.00. The molecule has 0 radical (unpaired) electrons. The number of unbranched alkanes of at least 4 members (excludes halogenated alkanes) is 1. The van der Waals surface area contributed by atoms with Gasteiger partial charge in [0, 0.05) is 6.61 Å². The van der Waals surface area contributed by atoms with Crippen molar-refractivity contribution >= 4 is 0 Å². The van der Waals surface area contributed by atoms with Gasteiger partial charge in [-0.25, -0.2) is 0 Å². The fourth-order valence-corrected chi connectivity index (χ4v) is 4.71. The van der Waals surface area contributed by atoms with Crippen LogP contribution < -0.4 is 0 Å². The molecule has 2 heteroatoms. The van der Waals surface area contributed by atoms with Crippen molar-refractivity contribution in [3.8, 4) is 0 Å². The van der Waals surface area contributed by atoms with Crippen molar-refractivity contribution in [3.63, 3.8) is 0 Å². The van der Waals surface area contributed by atoms with Gasteiger partial charge in [-0.3, -0.25) is 0 Å². The lowest BCUT2D eigenvalue weighted by molar-refractivity contribution is 0.0522. The van der Waals surface area contributed by atoms with Gasteiger partial charge in [0.25, 0.3) is 0 Å². The summed E-state index contributed by atoms with van der Waals surface area (Å²) in [5, 5.41) is 0. The predicted octanol–water partition coefficient (Wildman–Crippen LogP) is 4.32. The van der Waals surface area contributed by atoms with E-state index in [0.717, 1.165) is 24.9 Å². The Bertz CT molecular complexity index is 304. The summed E-state index contributed by atoms with van der Waals surface area (Å²) in [4.78, 5) is 0. The molecule has 0 aromatic heterocycles. The molecule has 0 aromatic carbocycles. The second-order valence-electron chi connectivity index (χ2n) is 6.83. The zero-order valence-corrected chi connectivity index (χ0v) is 12.7. The lowest BCUT2D eigenvalue weighted by Gasteiger charge is -2.39. The number of ether oxygens (including phenoxy) is 2. The highest BCUT2D eigenvalue weighted by atomic mass is 16.6. The maximum absolute atomic E-state index is 6.10. The van der Waals surface area contributed by atoms with Gasteiger partial charge in [-0.15, -0.1) is 0 Å². The van der Waals surface area contributed by atoms with Crippen LogP contribution in [0.15, 0.2) is 0 Å². The monoisotopic (exact) mass is 266 g/mol. The van der Waals surface area contributed by atoms with E-state index in [0.29, 0.717) is 17.8 Å². The third-order valence-electron chi connectivity index (χ3n) is 5.82. The van der Waals surface area contributed by atoms with E-state index in [1.165, 1.54) is 51.4 Å². The zero-order valence-electron chi connectivity index (χ0n) is 12.7. The Morgan fingerprint density at radius 1 is 1.26 bits per heavy atom. The van der Waals surface area contributed by atoms with Crippen molar-refractivity contribution in [3.05, 3.63) is 0 Å². The van der Waals surface area contributed by atoms with Gasteiger partial charge < -0.3 is 9.47 Å². The molecule has 1 saturated heterocycles. The first-order valence-electron chi connectivity index (χ1n) is 8.59. The summed E-state index contributed by atoms with van der Waals surface area (Å²) < 4.78 is 11.8. The molecule has 1 spiro atoms. The van der Waals surface area contributed by atoms with Crippen LogP contribution in [0.1, 0.15) is 71.6 Å². The first-order valence-corrected chi connectivity index (χ1v) is 8.59. The summed E-state index contributed by atoms with van der Waals surface area (Å²) in [5.41, 5.74) is 0.394. The largest absolute Gasteiger partial charge is 0.379 e. The van der Waals surface area contributed by atoms with Crippen LogP contribution in [0, 0.1) is 11.8 Å². The highest BCUT2D eigenvalue weighted by molar-refractivity contribution is 5.18. The molecule has 2 saturated carbocycles. The lowest BCUT2D eigenvalue weighted by atomic mass is 9.64. The van der Waals surface area contributed by atoms with Gasteiger partial charge in [0.2, 0.25) is 0 Å². The third kappa shape index (κ3) is 2.58. The van der Waals surface area contributed by atoms with E-state index in [1.807, 2.05) is 0 Å². The molecule has 2 nitrogen and oxygen atoms in total. The summed E-state index contributed by atoms with van der Waals surface area (Å²) in [6.45, 7) is 5.18. The standard InChI is InChI=1S/C17H30O2/c1-3-14(18-4-2)9-5-6-11-16-17(19-16)12-13-8-7-10-15(13)17/h13-16H,3-12H2,1-2H3. The van der Waals surface area contributed by atoms with E-state index in [1.54, 1.807) is 0 Å². The van der Waals surface area contributed by atoms with Gasteiger partial charge in [0.05, 0.1) is 17.8 Å². The second kappa shape index (κ2) is 5.73. The Balaban J connectivity index is 1.30. The first kappa shape index (κ1) is 13.9. The minimum Gasteiger partial charge on any atom is -0.379 e. The summed E-state index contributed by atoms with van der Waals surface area (Å²) in [5.74, 6) is 1.98. The number of fused-ring (bicyclic) bond motifs is 2. The van der Waals surface area contributed by atoms with E-state index in [2.05, 4.69) is 13.8 Å². The molecule has 19 heavy (non-hydrogen) atoms. The average molecular weight is 266 g/mol. The molecule has 3 fully saturated rings. The Kier molecular flexibility index (Phi) is 4.19. The Labute approximate surface area is 118 Å². The van der Waals surface area contributed by atoms with Crippen molar-refractivity contribution in [1.29, 1.82) is 0 Å². The molecule has 110 valence electrons. The summed E-state index contributed by atoms with van der Waals surface area (Å²) in [6, 6.07) is 0. The van der Waals surface area contributed by atoms with Gasteiger partial charge in [-0.05, 0) is 57.3 Å². The van der Waals surface area contributed by atoms with Crippen LogP contribution in [-0.4, -0.2) is 24.4 Å². The fourth-order valence-electron chi connectivity index (χ4n) is 4.71. The molecule has 3 rings (SSSR count). The topological polar surface area (TPSA) is 21.8 Å². The highest BCUT2D eigenvalue weighted by Gasteiger charge is 2.70. The molecule has 5 atom stereocenters. The van der Waals surface area contributed by atoms with Crippen LogP contribution in [0.3, 0.4) is 0 Å². The van der Waals surface area contributed by atoms with E-state index in [4.69, 9.17) is 9.47 Å². The zero-order chi connectivity index (χ0) is 13.3. The molecule has 1 aliphatic heterocycles. The number of epoxide rings is 1. The summed E-state index contributed by atoms with van der Waals surface area (Å²) >= 11 is 0. The lowest BCUT2D eigenvalue weighted by Crippen LogP contribution is -2.43. The number of hydrogen-bond donors (Lipinski definition) is 0. The molecule has 2 aliphatic carbocycles. The van der Waals surface area contributed by atoms with E-state index < -0.39 is 0 Å². The van der Waals surface area contributed by atoms with Gasteiger partial charge >= 0.3 is 0 Å². The predicted molar refractivity (Wildman–Crippen MR) is 77.2 cm³/mol. The molecule has 0 amide bonds. The minimum absolute atomic E-state index is 0.394. The van der Waals surface area contributed by atoms with E-state index in [-0.39, 0.29) is 0 Å². The SMILES string of the molecule is CCOC(CC)CCCCC1OC12CC1CCCC12. The maximum atomic E-state index is 6.10. The molecule has 3 aliphatic rings. The normalized spacial score (nSPS) is 41.1. The Morgan fingerprint density at radius 3 is 2.89 bits per heavy atom. The number of hydrogen-bond acceptors (Lipinski definition) is 2. The van der Waals surface area contributed by atoms with E-state index >= 15 is 0 Å². The van der Waals surface area contributed by atoms with Crippen molar-refractivity contribution in [2.75, 3.05) is 6.61 Å². The minimum atomic E-state index is 0.394. The smallest absolute Gasteiger partial charge is 0.0981 e. The Hall–Kier alpha value is -0.0800. The Morgan fingerprint density at radius 2 is 2.16 bits per heavy atom. The average Bonchev–Trinajstić information content (AvgIpc) is 3.01. The van der Waals surface area contributed by atoms with Crippen LogP contribution in [0.4, 0.5) is 0 Å². The van der Waals surface area contributed by atoms with Crippen LogP contribution in [0.25, 0.3) is 0 Å². The van der Waals surface area contributed by atoms with Crippen LogP contribution in [-0.2, 0) is 9.47 Å². The highest BCUT2D eigenvalue weighted by Crippen LogP contribution is 2.66. The third-order valence-corrected chi connectivity index (χ3v) is 5.82. The molecular weight excluding hydrogens is 236 g/mol. The molecule has 0 bridgehead atoms. The van der Waals surface area contributed by atoms with Crippen molar-refractivity contribution in [2.24, 2.45) is 11.8 Å². The number of rotatable bonds is 8. The van der Waals surface area contributed by atoms with Crippen LogP contribution in [0.2, 0.25) is 0 Å². The quantitative estimate of drug-likeness (QED) is 0.482. The molecule has 0 aromatic rings. The van der Waals surface area contributed by atoms with Crippen molar-refractivity contribution in [2.45, 2.75) is 89.4 Å². The summed E-state index contributed by atoms with van der Waals surface area (Å²) in [6.07, 6.45) is 13.2. The van der Waals surface area contributed by atoms with Crippen molar-refractivity contribution < 1.29 is 9.47 Å². The van der Waals surface area contributed by atoms with Crippen LogP contribution >= 0.6 is 0 Å². The second-order valence-corrected chi connectivity index (χ2v) is 6.83. The van der Waals surface area contributed by atoms with Gasteiger partial charge in [0.1, 0.15) is 0 Å². The first-order chi connectivity index (χ1) is 9.30. The molecule has 5 unspecified atom stereocenters. The van der Waals surface area contributed by atoms with Gasteiger partial charge in [0.15, 0.2) is 0 Å².